The fraction of sp³-hybridized carbons (Fsp3) is 0.333. The van der Waals surface area contributed by atoms with E-state index in [1.54, 1.807) is 10.8 Å². The number of rotatable bonds is 4. The third-order valence-electron chi connectivity index (χ3n) is 6.66. The highest BCUT2D eigenvalue weighted by molar-refractivity contribution is 6.30. The fourth-order valence-electron chi connectivity index (χ4n) is 5.03. The van der Waals surface area contributed by atoms with Crippen molar-refractivity contribution >= 4 is 45.0 Å². The van der Waals surface area contributed by atoms with E-state index in [9.17, 15) is 9.59 Å². The van der Waals surface area contributed by atoms with Crippen LogP contribution in [-0.2, 0) is 13.6 Å². The van der Waals surface area contributed by atoms with E-state index in [-0.39, 0.29) is 17.4 Å². The number of amides is 1. The van der Waals surface area contributed by atoms with Crippen molar-refractivity contribution in [3.8, 4) is 0 Å². The highest BCUT2D eigenvalue weighted by atomic mass is 35.5. The number of nitrogens with zero attached hydrogens (tertiary/aromatic N) is 4. The van der Waals surface area contributed by atoms with Crippen LogP contribution in [0.1, 0.15) is 24.2 Å². The Morgan fingerprint density at radius 3 is 2.47 bits per heavy atom. The zero-order valence-corrected chi connectivity index (χ0v) is 20.5. The Labute approximate surface area is 203 Å². The van der Waals surface area contributed by atoms with E-state index >= 15 is 0 Å². The van der Waals surface area contributed by atoms with Crippen LogP contribution in [0.15, 0.2) is 59.5 Å². The minimum atomic E-state index is -0.0512. The quantitative estimate of drug-likeness (QED) is 0.426. The molecule has 4 aromatic rings. The Bertz CT molecular complexity index is 1440. The van der Waals surface area contributed by atoms with Crippen molar-refractivity contribution < 1.29 is 4.79 Å². The number of piperazine rings is 1. The molecule has 3 heterocycles. The zero-order valence-electron chi connectivity index (χ0n) is 19.8. The van der Waals surface area contributed by atoms with Crippen LogP contribution < -0.4 is 10.5 Å². The Kier molecular flexibility index (Phi) is 5.86. The van der Waals surface area contributed by atoms with Crippen molar-refractivity contribution in [1.29, 1.82) is 0 Å². The summed E-state index contributed by atoms with van der Waals surface area (Å²) in [6.45, 7) is 7.41. The highest BCUT2D eigenvalue weighted by Gasteiger charge is 2.27. The summed E-state index contributed by atoms with van der Waals surface area (Å²) in [5.41, 5.74) is 3.16. The van der Waals surface area contributed by atoms with Crippen LogP contribution in [0, 0.1) is 5.92 Å². The summed E-state index contributed by atoms with van der Waals surface area (Å²) < 4.78 is 3.64. The van der Waals surface area contributed by atoms with Crippen LogP contribution in [0.5, 0.6) is 0 Å². The lowest BCUT2D eigenvalue weighted by atomic mass is 10.1. The molecule has 0 saturated carbocycles. The summed E-state index contributed by atoms with van der Waals surface area (Å²) in [5.74, 6) is 0.263. The standard InChI is InChI=1S/C27H29ClN4O2/c1-18(2)16-32-17-22(24-21-9-4-5-10-23(21)29(3)25(24)27(32)34)26(33)31-13-11-30(12-14-31)20-8-6-7-19(28)15-20/h4-10,15,17-18H,11-14,16H2,1-3H3. The van der Waals surface area contributed by atoms with Crippen molar-refractivity contribution in [2.75, 3.05) is 31.1 Å². The molecule has 0 spiro atoms. The Morgan fingerprint density at radius 1 is 1.03 bits per heavy atom. The predicted molar refractivity (Wildman–Crippen MR) is 139 cm³/mol. The van der Waals surface area contributed by atoms with Crippen LogP contribution in [0.4, 0.5) is 5.69 Å². The molecule has 0 bridgehead atoms. The molecule has 0 N–H and O–H groups in total. The SMILES string of the molecule is CC(C)Cn1cc(C(=O)N2CCN(c3cccc(Cl)c3)CC2)c2c3ccccc3n(C)c2c1=O. The van der Waals surface area contributed by atoms with Gasteiger partial charge in [0.05, 0.1) is 5.56 Å². The predicted octanol–water partition coefficient (Wildman–Crippen LogP) is 4.77. The largest absolute Gasteiger partial charge is 0.368 e. The van der Waals surface area contributed by atoms with Gasteiger partial charge in [-0.15, -0.1) is 0 Å². The lowest BCUT2D eigenvalue weighted by molar-refractivity contribution is 0.0748. The molecule has 2 aromatic heterocycles. The van der Waals surface area contributed by atoms with Gasteiger partial charge < -0.3 is 18.9 Å². The van der Waals surface area contributed by atoms with Gasteiger partial charge in [-0.25, -0.2) is 0 Å². The van der Waals surface area contributed by atoms with Crippen LogP contribution in [0.25, 0.3) is 21.8 Å². The fourth-order valence-corrected chi connectivity index (χ4v) is 5.22. The second kappa shape index (κ2) is 8.84. The van der Waals surface area contributed by atoms with Gasteiger partial charge in [-0.05, 0) is 30.2 Å². The van der Waals surface area contributed by atoms with Crippen molar-refractivity contribution in [1.82, 2.24) is 14.0 Å². The van der Waals surface area contributed by atoms with Gasteiger partial charge in [0.15, 0.2) is 0 Å². The third-order valence-corrected chi connectivity index (χ3v) is 6.89. The number of carbonyl (C=O) groups is 1. The van der Waals surface area contributed by atoms with Crippen molar-refractivity contribution in [3.63, 3.8) is 0 Å². The van der Waals surface area contributed by atoms with Crippen LogP contribution >= 0.6 is 11.6 Å². The number of anilines is 1. The van der Waals surface area contributed by atoms with E-state index in [0.29, 0.717) is 35.7 Å². The molecule has 1 aliphatic rings. The summed E-state index contributed by atoms with van der Waals surface area (Å²) in [5, 5.41) is 2.40. The average molecular weight is 477 g/mol. The summed E-state index contributed by atoms with van der Waals surface area (Å²) >= 11 is 6.17. The second-order valence-corrected chi connectivity index (χ2v) is 9.89. The van der Waals surface area contributed by atoms with E-state index in [1.165, 1.54) is 0 Å². The average Bonchev–Trinajstić information content (AvgIpc) is 3.13. The van der Waals surface area contributed by atoms with Gasteiger partial charge in [0.1, 0.15) is 5.52 Å². The normalized spacial score (nSPS) is 14.5. The molecule has 176 valence electrons. The van der Waals surface area contributed by atoms with Crippen LogP contribution in [-0.4, -0.2) is 46.1 Å². The van der Waals surface area contributed by atoms with E-state index < -0.39 is 0 Å². The minimum Gasteiger partial charge on any atom is -0.368 e. The monoisotopic (exact) mass is 476 g/mol. The lowest BCUT2D eigenvalue weighted by Gasteiger charge is -2.36. The number of aromatic nitrogens is 2. The first-order valence-corrected chi connectivity index (χ1v) is 12.1. The molecule has 34 heavy (non-hydrogen) atoms. The number of carbonyl (C=O) groups excluding carboxylic acids is 1. The minimum absolute atomic E-state index is 0.0235. The Morgan fingerprint density at radius 2 is 1.76 bits per heavy atom. The molecular formula is C27H29ClN4O2. The van der Waals surface area contributed by atoms with Crippen molar-refractivity contribution in [2.24, 2.45) is 13.0 Å². The lowest BCUT2D eigenvalue weighted by Crippen LogP contribution is -2.49. The zero-order chi connectivity index (χ0) is 24.0. The van der Waals surface area contributed by atoms with Crippen molar-refractivity contribution in [3.05, 3.63) is 75.7 Å². The van der Waals surface area contributed by atoms with Gasteiger partial charge >= 0.3 is 0 Å². The van der Waals surface area contributed by atoms with Gasteiger partial charge in [0.2, 0.25) is 0 Å². The first kappa shape index (κ1) is 22.5. The van der Waals surface area contributed by atoms with Gasteiger partial charge in [-0.2, -0.15) is 0 Å². The van der Waals surface area contributed by atoms with Crippen molar-refractivity contribution in [2.45, 2.75) is 20.4 Å². The maximum atomic E-state index is 13.9. The maximum Gasteiger partial charge on any atom is 0.275 e. The molecule has 1 amide bonds. The molecule has 0 radical (unpaired) electrons. The third kappa shape index (κ3) is 3.86. The number of aryl methyl sites for hydroxylation is 1. The van der Waals surface area contributed by atoms with Gasteiger partial charge in [0.25, 0.3) is 11.5 Å². The molecule has 6 nitrogen and oxygen atoms in total. The summed E-state index contributed by atoms with van der Waals surface area (Å²) in [6, 6.07) is 15.7. The number of hydrogen-bond donors (Lipinski definition) is 0. The molecule has 2 aromatic carbocycles. The molecule has 0 aliphatic carbocycles. The number of para-hydroxylation sites is 1. The summed E-state index contributed by atoms with van der Waals surface area (Å²) in [6.07, 6.45) is 1.78. The van der Waals surface area contributed by atoms with Crippen LogP contribution in [0.3, 0.4) is 0 Å². The van der Waals surface area contributed by atoms with Crippen LogP contribution in [0.2, 0.25) is 5.02 Å². The van der Waals surface area contributed by atoms with E-state index in [1.807, 2.05) is 65.0 Å². The van der Waals surface area contributed by atoms with Gasteiger partial charge in [-0.1, -0.05) is 49.7 Å². The first-order valence-electron chi connectivity index (χ1n) is 11.8. The molecule has 0 atom stereocenters. The topological polar surface area (TPSA) is 50.5 Å². The Balaban J connectivity index is 1.55. The summed E-state index contributed by atoms with van der Waals surface area (Å²) in [7, 11) is 1.91. The van der Waals surface area contributed by atoms with Gasteiger partial charge in [0, 0.05) is 73.0 Å². The van der Waals surface area contributed by atoms with E-state index in [4.69, 9.17) is 11.6 Å². The van der Waals surface area contributed by atoms with E-state index in [0.717, 1.165) is 35.1 Å². The molecule has 1 saturated heterocycles. The smallest absolute Gasteiger partial charge is 0.275 e. The summed E-state index contributed by atoms with van der Waals surface area (Å²) in [4.78, 5) is 31.5. The molecule has 5 rings (SSSR count). The number of hydrogen-bond acceptors (Lipinski definition) is 3. The maximum absolute atomic E-state index is 13.9. The number of fused-ring (bicyclic) bond motifs is 3. The second-order valence-electron chi connectivity index (χ2n) is 9.45. The first-order chi connectivity index (χ1) is 16.3. The molecule has 0 unspecified atom stereocenters. The van der Waals surface area contributed by atoms with E-state index in [2.05, 4.69) is 18.7 Å². The molecule has 1 fully saturated rings. The Hall–Kier alpha value is -3.25. The molecule has 7 heteroatoms. The molecule has 1 aliphatic heterocycles. The van der Waals surface area contributed by atoms with Gasteiger partial charge in [-0.3, -0.25) is 9.59 Å². The number of pyridine rings is 1. The number of halogens is 1. The highest BCUT2D eigenvalue weighted by Crippen LogP contribution is 2.30. The molecular weight excluding hydrogens is 448 g/mol. The number of benzene rings is 2.